The third-order valence-corrected chi connectivity index (χ3v) is 2.79. The van der Waals surface area contributed by atoms with Crippen LogP contribution in [0.15, 0.2) is 12.4 Å². The molecule has 0 spiro atoms. The predicted octanol–water partition coefficient (Wildman–Crippen LogP) is 2.09. The van der Waals surface area contributed by atoms with E-state index in [1.54, 1.807) is 19.4 Å². The molecule has 100 valence electrons. The van der Waals surface area contributed by atoms with Gasteiger partial charge in [0.1, 0.15) is 11.4 Å². The first kappa shape index (κ1) is 14.8. The molecular formula is C12H19N3O2S. The lowest BCUT2D eigenvalue weighted by atomic mass is 10.2. The van der Waals surface area contributed by atoms with E-state index < -0.39 is 5.60 Å². The molecule has 0 saturated heterocycles. The monoisotopic (exact) mass is 269 g/mol. The second kappa shape index (κ2) is 6.58. The maximum atomic E-state index is 11.5. The zero-order valence-corrected chi connectivity index (χ0v) is 12.0. The van der Waals surface area contributed by atoms with Gasteiger partial charge in [-0.1, -0.05) is 0 Å². The molecule has 1 aromatic rings. The van der Waals surface area contributed by atoms with Crippen molar-refractivity contribution in [1.29, 1.82) is 0 Å². The molecule has 1 aromatic heterocycles. The zero-order valence-electron chi connectivity index (χ0n) is 11.2. The van der Waals surface area contributed by atoms with Crippen molar-refractivity contribution in [2.45, 2.75) is 32.1 Å². The highest BCUT2D eigenvalue weighted by atomic mass is 32.2. The number of nitrogens with one attached hydrogen (secondary N) is 1. The van der Waals surface area contributed by atoms with Gasteiger partial charge in [-0.15, -0.1) is 11.8 Å². The van der Waals surface area contributed by atoms with Gasteiger partial charge >= 0.3 is 5.97 Å². The number of carbonyl (C=O) groups excluding carboxylic acids is 1. The van der Waals surface area contributed by atoms with E-state index in [4.69, 9.17) is 4.74 Å². The number of anilines is 1. The number of nitrogens with zero attached hydrogens (tertiary/aromatic N) is 2. The van der Waals surface area contributed by atoms with Crippen molar-refractivity contribution in [3.63, 3.8) is 0 Å². The molecule has 0 saturated carbocycles. The highest BCUT2D eigenvalue weighted by molar-refractivity contribution is 7.99. The van der Waals surface area contributed by atoms with Crippen molar-refractivity contribution < 1.29 is 9.53 Å². The summed E-state index contributed by atoms with van der Waals surface area (Å²) in [5.74, 6) is 1.51. The van der Waals surface area contributed by atoms with Gasteiger partial charge in [0.25, 0.3) is 0 Å². The Balaban J connectivity index is 2.30. The number of hydrogen-bond donors (Lipinski definition) is 1. The van der Waals surface area contributed by atoms with Gasteiger partial charge in [-0.05, 0) is 20.8 Å². The van der Waals surface area contributed by atoms with E-state index in [9.17, 15) is 4.79 Å². The second-order valence-electron chi connectivity index (χ2n) is 4.72. The number of carbonyl (C=O) groups is 1. The molecule has 0 amide bonds. The van der Waals surface area contributed by atoms with Crippen molar-refractivity contribution in [2.24, 2.45) is 0 Å². The molecule has 6 heteroatoms. The smallest absolute Gasteiger partial charge is 0.316 e. The first-order chi connectivity index (χ1) is 8.40. The Morgan fingerprint density at radius 2 is 2.11 bits per heavy atom. The lowest BCUT2D eigenvalue weighted by molar-refractivity contribution is -0.151. The Labute approximate surface area is 112 Å². The van der Waals surface area contributed by atoms with Gasteiger partial charge in [0.2, 0.25) is 0 Å². The Kier molecular flexibility index (Phi) is 5.40. The fourth-order valence-corrected chi connectivity index (χ4v) is 1.85. The summed E-state index contributed by atoms with van der Waals surface area (Å²) >= 11 is 1.47. The summed E-state index contributed by atoms with van der Waals surface area (Å²) in [6, 6.07) is 0. The van der Waals surface area contributed by atoms with Gasteiger partial charge in [0, 0.05) is 12.8 Å². The molecule has 5 nitrogen and oxygen atoms in total. The first-order valence-corrected chi connectivity index (χ1v) is 6.84. The largest absolute Gasteiger partial charge is 0.459 e. The summed E-state index contributed by atoms with van der Waals surface area (Å²) in [7, 11) is 1.79. The van der Waals surface area contributed by atoms with Gasteiger partial charge in [0.15, 0.2) is 0 Å². The fourth-order valence-electron chi connectivity index (χ4n) is 1.17. The SMILES string of the molecule is CNc1cnc(CSCC(=O)OC(C)(C)C)cn1. The van der Waals surface area contributed by atoms with Crippen LogP contribution in [0.25, 0.3) is 0 Å². The van der Waals surface area contributed by atoms with Crippen LogP contribution in [0.1, 0.15) is 26.5 Å². The van der Waals surface area contributed by atoms with Crippen LogP contribution in [0.4, 0.5) is 5.82 Å². The Morgan fingerprint density at radius 3 is 2.61 bits per heavy atom. The van der Waals surface area contributed by atoms with Gasteiger partial charge in [-0.25, -0.2) is 4.98 Å². The summed E-state index contributed by atoms with van der Waals surface area (Å²) in [5.41, 5.74) is 0.425. The van der Waals surface area contributed by atoms with Crippen molar-refractivity contribution in [2.75, 3.05) is 18.1 Å². The van der Waals surface area contributed by atoms with Crippen molar-refractivity contribution >= 4 is 23.5 Å². The lowest BCUT2D eigenvalue weighted by Crippen LogP contribution is -2.24. The minimum absolute atomic E-state index is 0.202. The van der Waals surface area contributed by atoms with Crippen molar-refractivity contribution in [3.8, 4) is 0 Å². The van der Waals surface area contributed by atoms with Crippen LogP contribution in [0.3, 0.4) is 0 Å². The number of ether oxygens (including phenoxy) is 1. The molecule has 0 bridgehead atoms. The van der Waals surface area contributed by atoms with E-state index in [1.165, 1.54) is 11.8 Å². The van der Waals surface area contributed by atoms with Crippen LogP contribution in [0, 0.1) is 0 Å². The summed E-state index contributed by atoms with van der Waals surface area (Å²) < 4.78 is 5.21. The van der Waals surface area contributed by atoms with Gasteiger partial charge in [-0.2, -0.15) is 0 Å². The number of thioether (sulfide) groups is 1. The number of hydrogen-bond acceptors (Lipinski definition) is 6. The molecule has 0 aliphatic heterocycles. The number of aromatic nitrogens is 2. The Morgan fingerprint density at radius 1 is 1.39 bits per heavy atom. The van der Waals surface area contributed by atoms with Crippen molar-refractivity contribution in [1.82, 2.24) is 9.97 Å². The molecule has 1 rings (SSSR count). The Hall–Kier alpha value is -1.30. The van der Waals surface area contributed by atoms with Crippen LogP contribution in [0.2, 0.25) is 0 Å². The summed E-state index contributed by atoms with van der Waals surface area (Å²) in [6.45, 7) is 5.58. The number of esters is 1. The zero-order chi connectivity index (χ0) is 13.6. The van der Waals surface area contributed by atoms with Crippen molar-refractivity contribution in [3.05, 3.63) is 18.1 Å². The lowest BCUT2D eigenvalue weighted by Gasteiger charge is -2.19. The van der Waals surface area contributed by atoms with Gasteiger partial charge < -0.3 is 10.1 Å². The third-order valence-electron chi connectivity index (χ3n) is 1.85. The second-order valence-corrected chi connectivity index (χ2v) is 5.71. The molecule has 1 heterocycles. The molecule has 18 heavy (non-hydrogen) atoms. The van der Waals surface area contributed by atoms with Gasteiger partial charge in [0.05, 0.1) is 23.8 Å². The predicted molar refractivity (Wildman–Crippen MR) is 73.6 cm³/mol. The molecule has 0 aliphatic rings. The normalized spacial score (nSPS) is 11.1. The molecule has 0 aromatic carbocycles. The van der Waals surface area contributed by atoms with E-state index in [-0.39, 0.29) is 5.97 Å². The van der Waals surface area contributed by atoms with Crippen LogP contribution in [-0.4, -0.2) is 34.3 Å². The average Bonchev–Trinajstić information content (AvgIpc) is 2.27. The molecule has 0 radical (unpaired) electrons. The molecule has 1 N–H and O–H groups in total. The highest BCUT2D eigenvalue weighted by Gasteiger charge is 2.15. The van der Waals surface area contributed by atoms with E-state index in [0.717, 1.165) is 11.5 Å². The van der Waals surface area contributed by atoms with E-state index in [1.807, 2.05) is 20.8 Å². The van der Waals surface area contributed by atoms with E-state index in [0.29, 0.717) is 11.5 Å². The average molecular weight is 269 g/mol. The van der Waals surface area contributed by atoms with Gasteiger partial charge in [-0.3, -0.25) is 9.78 Å². The number of rotatable bonds is 5. The van der Waals surface area contributed by atoms with Crippen LogP contribution >= 0.6 is 11.8 Å². The van der Waals surface area contributed by atoms with Crippen LogP contribution in [-0.2, 0) is 15.3 Å². The fraction of sp³-hybridized carbons (Fsp3) is 0.583. The quantitative estimate of drug-likeness (QED) is 0.826. The third kappa shape index (κ3) is 5.86. The van der Waals surface area contributed by atoms with Crippen LogP contribution in [0.5, 0.6) is 0 Å². The van der Waals surface area contributed by atoms with E-state index in [2.05, 4.69) is 15.3 Å². The standard InChI is InChI=1S/C12H19N3O2S/c1-12(2,3)17-11(16)8-18-7-9-5-15-10(13-4)6-14-9/h5-6H,7-8H2,1-4H3,(H,13,15). The first-order valence-electron chi connectivity index (χ1n) is 5.69. The molecule has 0 fully saturated rings. The molecule has 0 aliphatic carbocycles. The van der Waals surface area contributed by atoms with Crippen LogP contribution < -0.4 is 5.32 Å². The summed E-state index contributed by atoms with van der Waals surface area (Å²) in [6.07, 6.45) is 3.37. The molecular weight excluding hydrogens is 250 g/mol. The summed E-state index contributed by atoms with van der Waals surface area (Å²) in [4.78, 5) is 19.8. The molecule has 0 unspecified atom stereocenters. The molecule has 0 atom stereocenters. The Bertz CT molecular complexity index is 387. The summed E-state index contributed by atoms with van der Waals surface area (Å²) in [5, 5.41) is 2.90. The topological polar surface area (TPSA) is 64.1 Å². The maximum absolute atomic E-state index is 11.5. The minimum atomic E-state index is -0.425. The highest BCUT2D eigenvalue weighted by Crippen LogP contribution is 2.13. The minimum Gasteiger partial charge on any atom is -0.459 e. The maximum Gasteiger partial charge on any atom is 0.316 e. The van der Waals surface area contributed by atoms with E-state index >= 15 is 0 Å².